The second-order valence-corrected chi connectivity index (χ2v) is 7.21. The monoisotopic (exact) mass is 383 g/mol. The van der Waals surface area contributed by atoms with Crippen LogP contribution < -0.4 is 16.0 Å². The lowest BCUT2D eigenvalue weighted by molar-refractivity contribution is -0.119. The second-order valence-electron chi connectivity index (χ2n) is 7.21. The summed E-state index contributed by atoms with van der Waals surface area (Å²) in [6.07, 6.45) is 6.26. The lowest BCUT2D eigenvalue weighted by atomic mass is 10.0. The molecule has 0 radical (unpaired) electrons. The molecule has 2 aromatic heterocycles. The normalized spacial score (nSPS) is 20.1. The highest BCUT2D eigenvalue weighted by Crippen LogP contribution is 2.21. The van der Waals surface area contributed by atoms with Gasteiger partial charge in [-0.25, -0.2) is 9.97 Å². The zero-order chi connectivity index (χ0) is 19.2. The quantitative estimate of drug-likeness (QED) is 0.684. The number of anilines is 2. The van der Waals surface area contributed by atoms with Crippen molar-refractivity contribution in [2.45, 2.75) is 19.3 Å². The lowest BCUT2D eigenvalue weighted by Crippen LogP contribution is -2.25. The Labute approximate surface area is 163 Å². The lowest BCUT2D eigenvalue weighted by Gasteiger charge is -2.22. The Hall–Kier alpha value is -2.65. The van der Waals surface area contributed by atoms with Gasteiger partial charge in [-0.1, -0.05) is 0 Å². The van der Waals surface area contributed by atoms with Crippen molar-refractivity contribution in [3.05, 3.63) is 24.5 Å². The standard InChI is InChI=1S/C19H25N7O2/c27-18(14-1-5-20-11-14)25-19-21-6-2-16(24-19)15-9-17(26-23-12-15)22-10-13-3-7-28-8-4-13/h2,6,9,12-14,20H,1,3-5,7-8,10-11H2,(H,22,26)(H,21,24,25,27). The molecule has 0 saturated carbocycles. The van der Waals surface area contributed by atoms with Crippen LogP contribution in [-0.2, 0) is 9.53 Å². The van der Waals surface area contributed by atoms with E-state index in [2.05, 4.69) is 36.1 Å². The van der Waals surface area contributed by atoms with E-state index in [-0.39, 0.29) is 11.8 Å². The summed E-state index contributed by atoms with van der Waals surface area (Å²) in [5.41, 5.74) is 1.52. The minimum absolute atomic E-state index is 0.0316. The number of rotatable bonds is 6. The van der Waals surface area contributed by atoms with Crippen LogP contribution in [0.2, 0.25) is 0 Å². The smallest absolute Gasteiger partial charge is 0.231 e. The average Bonchev–Trinajstić information content (AvgIpc) is 3.29. The van der Waals surface area contributed by atoms with Crippen molar-refractivity contribution in [2.75, 3.05) is 43.5 Å². The maximum atomic E-state index is 12.3. The summed E-state index contributed by atoms with van der Waals surface area (Å²) in [5.74, 6) is 1.53. The fraction of sp³-hybridized carbons (Fsp3) is 0.526. The van der Waals surface area contributed by atoms with Gasteiger partial charge in [-0.05, 0) is 43.9 Å². The van der Waals surface area contributed by atoms with Crippen LogP contribution in [0.3, 0.4) is 0 Å². The van der Waals surface area contributed by atoms with Gasteiger partial charge in [0.2, 0.25) is 11.9 Å². The summed E-state index contributed by atoms with van der Waals surface area (Å²) < 4.78 is 5.40. The van der Waals surface area contributed by atoms with Crippen molar-refractivity contribution in [2.24, 2.45) is 11.8 Å². The molecule has 2 aliphatic heterocycles. The molecule has 148 valence electrons. The Morgan fingerprint density at radius 1 is 1.29 bits per heavy atom. The highest BCUT2D eigenvalue weighted by atomic mass is 16.5. The van der Waals surface area contributed by atoms with E-state index < -0.39 is 0 Å². The van der Waals surface area contributed by atoms with Gasteiger partial charge in [0.15, 0.2) is 0 Å². The summed E-state index contributed by atoms with van der Waals surface area (Å²) >= 11 is 0. The maximum Gasteiger partial charge on any atom is 0.231 e. The molecule has 28 heavy (non-hydrogen) atoms. The van der Waals surface area contributed by atoms with Crippen LogP contribution in [0.4, 0.5) is 11.8 Å². The van der Waals surface area contributed by atoms with Crippen molar-refractivity contribution in [3.63, 3.8) is 0 Å². The van der Waals surface area contributed by atoms with Crippen LogP contribution >= 0.6 is 0 Å². The SMILES string of the molecule is O=C(Nc1nccc(-c2cnnc(NCC3CCOCC3)c2)n1)C1CCNC1. The Kier molecular flexibility index (Phi) is 6.03. The third-order valence-electron chi connectivity index (χ3n) is 5.18. The minimum Gasteiger partial charge on any atom is -0.381 e. The van der Waals surface area contributed by atoms with Gasteiger partial charge in [0.1, 0.15) is 5.82 Å². The van der Waals surface area contributed by atoms with Crippen LogP contribution in [0.1, 0.15) is 19.3 Å². The molecule has 0 aliphatic carbocycles. The third kappa shape index (κ3) is 4.79. The van der Waals surface area contributed by atoms with E-state index >= 15 is 0 Å². The number of hydrogen-bond donors (Lipinski definition) is 3. The fourth-order valence-corrected chi connectivity index (χ4v) is 3.46. The van der Waals surface area contributed by atoms with Crippen molar-refractivity contribution < 1.29 is 9.53 Å². The Balaban J connectivity index is 1.41. The first-order valence-electron chi connectivity index (χ1n) is 9.77. The molecule has 1 amide bonds. The van der Waals surface area contributed by atoms with E-state index in [4.69, 9.17) is 4.74 Å². The summed E-state index contributed by atoms with van der Waals surface area (Å²) in [6.45, 7) is 4.06. The minimum atomic E-state index is -0.0474. The van der Waals surface area contributed by atoms with Gasteiger partial charge in [-0.3, -0.25) is 10.1 Å². The molecule has 2 fully saturated rings. The van der Waals surface area contributed by atoms with Gasteiger partial charge < -0.3 is 15.4 Å². The molecule has 2 aliphatic rings. The molecule has 0 aromatic carbocycles. The first kappa shape index (κ1) is 18.7. The Morgan fingerprint density at radius 3 is 3.00 bits per heavy atom. The Morgan fingerprint density at radius 2 is 2.18 bits per heavy atom. The summed E-state index contributed by atoms with van der Waals surface area (Å²) in [7, 11) is 0. The largest absolute Gasteiger partial charge is 0.381 e. The van der Waals surface area contributed by atoms with E-state index in [0.717, 1.165) is 51.1 Å². The average molecular weight is 383 g/mol. The number of carbonyl (C=O) groups excluding carboxylic acids is 1. The van der Waals surface area contributed by atoms with E-state index in [0.29, 0.717) is 29.9 Å². The van der Waals surface area contributed by atoms with Crippen molar-refractivity contribution in [1.29, 1.82) is 0 Å². The zero-order valence-corrected chi connectivity index (χ0v) is 15.7. The number of nitrogens with zero attached hydrogens (tertiary/aromatic N) is 4. The maximum absolute atomic E-state index is 12.3. The molecular weight excluding hydrogens is 358 g/mol. The second kappa shape index (κ2) is 9.03. The molecule has 0 spiro atoms. The van der Waals surface area contributed by atoms with E-state index in [9.17, 15) is 4.79 Å². The molecule has 2 saturated heterocycles. The van der Waals surface area contributed by atoms with Gasteiger partial charge in [-0.15, -0.1) is 5.10 Å². The predicted octanol–water partition coefficient (Wildman–Crippen LogP) is 1.32. The molecule has 9 nitrogen and oxygen atoms in total. The van der Waals surface area contributed by atoms with E-state index in [1.807, 2.05) is 6.07 Å². The van der Waals surface area contributed by atoms with Gasteiger partial charge in [0.25, 0.3) is 0 Å². The summed E-state index contributed by atoms with van der Waals surface area (Å²) in [5, 5.41) is 17.6. The van der Waals surface area contributed by atoms with E-state index in [1.165, 1.54) is 0 Å². The van der Waals surface area contributed by atoms with Crippen molar-refractivity contribution in [1.82, 2.24) is 25.5 Å². The molecule has 1 atom stereocenters. The van der Waals surface area contributed by atoms with Crippen molar-refractivity contribution in [3.8, 4) is 11.3 Å². The number of amides is 1. The zero-order valence-electron chi connectivity index (χ0n) is 15.7. The fourth-order valence-electron chi connectivity index (χ4n) is 3.46. The number of hydrogen-bond acceptors (Lipinski definition) is 8. The summed E-state index contributed by atoms with van der Waals surface area (Å²) in [6, 6.07) is 3.72. The predicted molar refractivity (Wildman–Crippen MR) is 105 cm³/mol. The topological polar surface area (TPSA) is 114 Å². The first-order chi connectivity index (χ1) is 13.8. The highest BCUT2D eigenvalue weighted by molar-refractivity contribution is 5.91. The number of carbonyl (C=O) groups is 1. The van der Waals surface area contributed by atoms with Gasteiger partial charge in [0.05, 0.1) is 17.8 Å². The van der Waals surface area contributed by atoms with Crippen LogP contribution in [-0.4, -0.2) is 58.9 Å². The van der Waals surface area contributed by atoms with Crippen LogP contribution in [0.5, 0.6) is 0 Å². The number of aromatic nitrogens is 4. The molecule has 9 heteroatoms. The van der Waals surface area contributed by atoms with Crippen LogP contribution in [0.25, 0.3) is 11.3 Å². The molecule has 1 unspecified atom stereocenters. The Bertz CT molecular complexity index is 804. The molecule has 4 heterocycles. The van der Waals surface area contributed by atoms with Crippen LogP contribution in [0.15, 0.2) is 24.5 Å². The molecule has 4 rings (SSSR count). The van der Waals surface area contributed by atoms with Crippen LogP contribution in [0, 0.1) is 11.8 Å². The highest BCUT2D eigenvalue weighted by Gasteiger charge is 2.23. The molecule has 2 aromatic rings. The molecular formula is C19H25N7O2. The van der Waals surface area contributed by atoms with E-state index in [1.54, 1.807) is 18.5 Å². The molecule has 3 N–H and O–H groups in total. The van der Waals surface area contributed by atoms with Gasteiger partial charge in [0, 0.05) is 38.1 Å². The summed E-state index contributed by atoms with van der Waals surface area (Å²) in [4.78, 5) is 20.9. The number of nitrogens with one attached hydrogen (secondary N) is 3. The molecule has 0 bridgehead atoms. The van der Waals surface area contributed by atoms with Gasteiger partial charge in [-0.2, -0.15) is 5.10 Å². The number of ether oxygens (including phenoxy) is 1. The first-order valence-corrected chi connectivity index (χ1v) is 9.77. The third-order valence-corrected chi connectivity index (χ3v) is 5.18. The van der Waals surface area contributed by atoms with Gasteiger partial charge >= 0.3 is 0 Å². The van der Waals surface area contributed by atoms with Crippen molar-refractivity contribution >= 4 is 17.7 Å².